The summed E-state index contributed by atoms with van der Waals surface area (Å²) < 4.78 is 29.0. The minimum atomic E-state index is -1.11. The Morgan fingerprint density at radius 1 is 1.15 bits per heavy atom. The van der Waals surface area contributed by atoms with Crippen LogP contribution in [-0.2, 0) is 4.79 Å². The van der Waals surface area contributed by atoms with E-state index in [0.29, 0.717) is 11.1 Å². The van der Waals surface area contributed by atoms with Crippen LogP contribution in [-0.4, -0.2) is 37.7 Å². The summed E-state index contributed by atoms with van der Waals surface area (Å²) in [5.74, 6) is -1.60. The summed E-state index contributed by atoms with van der Waals surface area (Å²) in [6.07, 6.45) is 2.72. The predicted molar refractivity (Wildman–Crippen MR) is 92.4 cm³/mol. The maximum atomic E-state index is 14.0. The zero-order chi connectivity index (χ0) is 19.1. The van der Waals surface area contributed by atoms with Crippen LogP contribution in [0.3, 0.4) is 0 Å². The van der Waals surface area contributed by atoms with Gasteiger partial charge in [0, 0.05) is 5.56 Å². The van der Waals surface area contributed by atoms with Crippen molar-refractivity contribution < 1.29 is 33.3 Å². The Morgan fingerprint density at radius 3 is 2.58 bits per heavy atom. The van der Waals surface area contributed by atoms with Gasteiger partial charge in [-0.1, -0.05) is 18.2 Å². The molecule has 2 rings (SSSR count). The molecule has 0 atom stereocenters. The molecular formula is C19H17FO6. The highest BCUT2D eigenvalue weighted by atomic mass is 19.1. The van der Waals surface area contributed by atoms with Gasteiger partial charge in [0.05, 0.1) is 14.2 Å². The van der Waals surface area contributed by atoms with E-state index in [1.807, 2.05) is 0 Å². The Hall–Kier alpha value is -3.35. The summed E-state index contributed by atoms with van der Waals surface area (Å²) in [5.41, 5.74) is 0.733. The van der Waals surface area contributed by atoms with Crippen LogP contribution in [0.25, 0.3) is 6.08 Å². The first kappa shape index (κ1) is 19.0. The van der Waals surface area contributed by atoms with E-state index in [4.69, 9.17) is 19.3 Å². The highest BCUT2D eigenvalue weighted by Crippen LogP contribution is 2.31. The number of rotatable bonds is 8. The molecule has 0 heterocycles. The van der Waals surface area contributed by atoms with Crippen molar-refractivity contribution in [3.05, 3.63) is 59.4 Å². The van der Waals surface area contributed by atoms with Crippen LogP contribution in [0.1, 0.15) is 15.9 Å². The van der Waals surface area contributed by atoms with Crippen LogP contribution in [0.5, 0.6) is 17.2 Å². The third-order valence-corrected chi connectivity index (χ3v) is 3.36. The lowest BCUT2D eigenvalue weighted by atomic mass is 10.1. The van der Waals surface area contributed by atoms with Crippen LogP contribution in [0.15, 0.2) is 42.5 Å². The number of allylic oxidation sites excluding steroid dienone is 1. The summed E-state index contributed by atoms with van der Waals surface area (Å²) in [5, 5.41) is 8.61. The van der Waals surface area contributed by atoms with E-state index < -0.39 is 18.4 Å². The van der Waals surface area contributed by atoms with E-state index in [0.717, 1.165) is 0 Å². The van der Waals surface area contributed by atoms with Crippen LogP contribution in [0.4, 0.5) is 4.39 Å². The summed E-state index contributed by atoms with van der Waals surface area (Å²) in [7, 11) is 2.72. The van der Waals surface area contributed by atoms with E-state index in [1.165, 1.54) is 44.6 Å². The first-order chi connectivity index (χ1) is 12.4. The number of ketones is 1. The number of hydrogen-bond acceptors (Lipinski definition) is 5. The monoisotopic (exact) mass is 360 g/mol. The Labute approximate surface area is 149 Å². The molecule has 2 aromatic rings. The van der Waals surface area contributed by atoms with Crippen molar-refractivity contribution in [2.45, 2.75) is 0 Å². The molecule has 26 heavy (non-hydrogen) atoms. The van der Waals surface area contributed by atoms with Gasteiger partial charge in [-0.15, -0.1) is 0 Å². The molecule has 0 aromatic heterocycles. The molecule has 0 saturated heterocycles. The second-order valence-corrected chi connectivity index (χ2v) is 5.15. The number of hydrogen-bond donors (Lipinski definition) is 1. The van der Waals surface area contributed by atoms with Gasteiger partial charge in [0.25, 0.3) is 0 Å². The predicted octanol–water partition coefficient (Wildman–Crippen LogP) is 3.20. The highest BCUT2D eigenvalue weighted by molar-refractivity contribution is 6.07. The van der Waals surface area contributed by atoms with Gasteiger partial charge in [-0.05, 0) is 35.9 Å². The minimum absolute atomic E-state index is 0.0146. The van der Waals surface area contributed by atoms with Gasteiger partial charge >= 0.3 is 5.97 Å². The van der Waals surface area contributed by atoms with E-state index in [-0.39, 0.29) is 23.0 Å². The summed E-state index contributed by atoms with van der Waals surface area (Å²) in [6, 6.07) is 8.89. The molecule has 0 unspecified atom stereocenters. The average Bonchev–Trinajstić information content (AvgIpc) is 2.64. The fraction of sp³-hybridized carbons (Fsp3) is 0.158. The topological polar surface area (TPSA) is 82.1 Å². The molecule has 0 spiro atoms. The number of carbonyl (C=O) groups is 2. The number of carbonyl (C=O) groups excluding carboxylic acids is 1. The van der Waals surface area contributed by atoms with E-state index in [2.05, 4.69) is 0 Å². The number of aliphatic carboxylic acids is 1. The molecule has 0 saturated carbocycles. The number of carboxylic acids is 1. The molecule has 7 heteroatoms. The molecule has 136 valence electrons. The van der Waals surface area contributed by atoms with Gasteiger partial charge in [0.15, 0.2) is 29.7 Å². The largest absolute Gasteiger partial charge is 0.493 e. The van der Waals surface area contributed by atoms with Gasteiger partial charge in [0.2, 0.25) is 0 Å². The molecule has 0 aliphatic rings. The summed E-state index contributed by atoms with van der Waals surface area (Å²) in [6.45, 7) is -0.502. The first-order valence-corrected chi connectivity index (χ1v) is 7.53. The maximum absolute atomic E-state index is 14.0. The van der Waals surface area contributed by atoms with Crippen LogP contribution in [0, 0.1) is 5.82 Å². The minimum Gasteiger partial charge on any atom is -0.493 e. The smallest absolute Gasteiger partial charge is 0.341 e. The lowest BCUT2D eigenvalue weighted by molar-refractivity contribution is -0.139. The first-order valence-electron chi connectivity index (χ1n) is 7.53. The molecular weight excluding hydrogens is 343 g/mol. The SMILES string of the molecule is COc1cc(C=CC(=O)c2cccc(OCC(=O)O)c2)cc(F)c1OC. The van der Waals surface area contributed by atoms with Gasteiger partial charge in [-0.3, -0.25) is 4.79 Å². The van der Waals surface area contributed by atoms with Gasteiger partial charge in [0.1, 0.15) is 5.75 Å². The normalized spacial score (nSPS) is 10.6. The lowest BCUT2D eigenvalue weighted by Crippen LogP contribution is -2.09. The number of halogens is 1. The Bertz CT molecular complexity index is 844. The standard InChI is InChI=1S/C19H17FO6/c1-24-17-9-12(8-15(20)19(17)25-2)6-7-16(21)13-4-3-5-14(10-13)26-11-18(22)23/h3-10H,11H2,1-2H3,(H,22,23). The van der Waals surface area contributed by atoms with Gasteiger partial charge in [-0.25, -0.2) is 9.18 Å². The average molecular weight is 360 g/mol. The Balaban J connectivity index is 2.18. The van der Waals surface area contributed by atoms with Crippen molar-refractivity contribution in [3.63, 3.8) is 0 Å². The van der Waals surface area contributed by atoms with E-state index >= 15 is 0 Å². The van der Waals surface area contributed by atoms with Crippen molar-refractivity contribution in [3.8, 4) is 17.2 Å². The van der Waals surface area contributed by atoms with Gasteiger partial charge in [-0.2, -0.15) is 0 Å². The van der Waals surface area contributed by atoms with Crippen molar-refractivity contribution >= 4 is 17.8 Å². The Kier molecular flexibility index (Phi) is 6.32. The lowest BCUT2D eigenvalue weighted by Gasteiger charge is -2.09. The van der Waals surface area contributed by atoms with Crippen molar-refractivity contribution in [2.75, 3.05) is 20.8 Å². The van der Waals surface area contributed by atoms with Crippen molar-refractivity contribution in [1.82, 2.24) is 0 Å². The molecule has 1 N–H and O–H groups in total. The fourth-order valence-corrected chi connectivity index (χ4v) is 2.19. The molecule has 0 amide bonds. The van der Waals surface area contributed by atoms with Gasteiger partial charge < -0.3 is 19.3 Å². The molecule has 0 aliphatic carbocycles. The third-order valence-electron chi connectivity index (χ3n) is 3.36. The summed E-state index contributed by atoms with van der Waals surface area (Å²) in [4.78, 5) is 22.8. The van der Waals surface area contributed by atoms with E-state index in [9.17, 15) is 14.0 Å². The number of carboxylic acid groups (broad SMARTS) is 1. The van der Waals surface area contributed by atoms with Crippen LogP contribution in [0.2, 0.25) is 0 Å². The molecule has 0 fully saturated rings. The van der Waals surface area contributed by atoms with Crippen molar-refractivity contribution in [1.29, 1.82) is 0 Å². The van der Waals surface area contributed by atoms with Crippen LogP contribution >= 0.6 is 0 Å². The second kappa shape index (κ2) is 8.66. The van der Waals surface area contributed by atoms with E-state index in [1.54, 1.807) is 18.2 Å². The van der Waals surface area contributed by atoms with Crippen LogP contribution < -0.4 is 14.2 Å². The zero-order valence-corrected chi connectivity index (χ0v) is 14.2. The molecule has 2 aromatic carbocycles. The Morgan fingerprint density at radius 2 is 1.92 bits per heavy atom. The van der Waals surface area contributed by atoms with Crippen molar-refractivity contribution in [2.24, 2.45) is 0 Å². The number of ether oxygens (including phenoxy) is 3. The number of methoxy groups -OCH3 is 2. The summed E-state index contributed by atoms with van der Waals surface area (Å²) >= 11 is 0. The molecule has 6 nitrogen and oxygen atoms in total. The quantitative estimate of drug-likeness (QED) is 0.575. The fourth-order valence-electron chi connectivity index (χ4n) is 2.19. The zero-order valence-electron chi connectivity index (χ0n) is 14.2. The molecule has 0 radical (unpaired) electrons. The third kappa shape index (κ3) is 4.83. The number of benzene rings is 2. The molecule has 0 aliphatic heterocycles. The molecule has 0 bridgehead atoms. The maximum Gasteiger partial charge on any atom is 0.341 e. The highest BCUT2D eigenvalue weighted by Gasteiger charge is 2.11. The second-order valence-electron chi connectivity index (χ2n) is 5.15.